The summed E-state index contributed by atoms with van der Waals surface area (Å²) >= 11 is 0. The van der Waals surface area contributed by atoms with Gasteiger partial charge in [0.15, 0.2) is 23.3 Å². The first-order valence-corrected chi connectivity index (χ1v) is 3.52. The molecule has 72 valence electrons. The lowest BCUT2D eigenvalue weighted by Gasteiger charge is -2.06. The zero-order chi connectivity index (χ0) is 10.2. The number of hydrogen-bond donors (Lipinski definition) is 1. The zero-order valence-electron chi connectivity index (χ0n) is 6.80. The summed E-state index contributed by atoms with van der Waals surface area (Å²) in [5.74, 6) is -5.61. The normalized spacial score (nSPS) is 10.6. The molecule has 0 aromatic heterocycles. The average Bonchev–Trinajstić information content (AvgIpc) is 2.13. The second kappa shape index (κ2) is 3.33. The first-order valence-electron chi connectivity index (χ1n) is 3.52. The SMILES string of the molecule is Cc1c(F)c(F)c(CN)c(F)c1F. The number of nitrogens with two attached hydrogens (primary N) is 1. The van der Waals surface area contributed by atoms with Crippen LogP contribution >= 0.6 is 0 Å². The Morgan fingerprint density at radius 3 is 1.62 bits per heavy atom. The van der Waals surface area contributed by atoms with E-state index in [4.69, 9.17) is 5.73 Å². The molecule has 1 nitrogen and oxygen atoms in total. The van der Waals surface area contributed by atoms with Crippen LogP contribution in [0.4, 0.5) is 17.6 Å². The van der Waals surface area contributed by atoms with E-state index in [-0.39, 0.29) is 0 Å². The minimum atomic E-state index is -1.42. The molecular weight excluding hydrogens is 186 g/mol. The summed E-state index contributed by atoms with van der Waals surface area (Å²) in [5.41, 5.74) is 3.49. The molecule has 13 heavy (non-hydrogen) atoms. The molecule has 1 rings (SSSR count). The topological polar surface area (TPSA) is 26.0 Å². The van der Waals surface area contributed by atoms with Crippen molar-refractivity contribution in [1.29, 1.82) is 0 Å². The van der Waals surface area contributed by atoms with Crippen LogP contribution in [-0.4, -0.2) is 0 Å². The van der Waals surface area contributed by atoms with Crippen molar-refractivity contribution in [1.82, 2.24) is 0 Å². The number of hydrogen-bond acceptors (Lipinski definition) is 1. The molecule has 0 unspecified atom stereocenters. The Bertz CT molecular complexity index is 319. The van der Waals surface area contributed by atoms with Gasteiger partial charge in [0.25, 0.3) is 0 Å². The van der Waals surface area contributed by atoms with Crippen LogP contribution < -0.4 is 5.73 Å². The summed E-state index contributed by atoms with van der Waals surface area (Å²) in [6.07, 6.45) is 0. The van der Waals surface area contributed by atoms with Crippen LogP contribution in [0.5, 0.6) is 0 Å². The van der Waals surface area contributed by atoms with Gasteiger partial charge < -0.3 is 5.73 Å². The van der Waals surface area contributed by atoms with E-state index in [0.717, 1.165) is 6.92 Å². The van der Waals surface area contributed by atoms with Crippen LogP contribution in [-0.2, 0) is 6.54 Å². The summed E-state index contributed by atoms with van der Waals surface area (Å²) in [6, 6.07) is 0. The van der Waals surface area contributed by atoms with Gasteiger partial charge in [-0.1, -0.05) is 0 Å². The van der Waals surface area contributed by atoms with E-state index in [0.29, 0.717) is 0 Å². The summed E-state index contributed by atoms with van der Waals surface area (Å²) in [7, 11) is 0. The summed E-state index contributed by atoms with van der Waals surface area (Å²) in [4.78, 5) is 0. The molecule has 5 heteroatoms. The van der Waals surface area contributed by atoms with Gasteiger partial charge in [-0.2, -0.15) is 0 Å². The van der Waals surface area contributed by atoms with Gasteiger partial charge in [0.05, 0.1) is 0 Å². The Hall–Kier alpha value is -1.10. The lowest BCUT2D eigenvalue weighted by atomic mass is 10.1. The maximum atomic E-state index is 12.8. The Kier molecular flexibility index (Phi) is 2.56. The minimum Gasteiger partial charge on any atom is -0.326 e. The Labute approximate surface area is 72.2 Å². The highest BCUT2D eigenvalue weighted by Gasteiger charge is 2.21. The Morgan fingerprint density at radius 2 is 1.31 bits per heavy atom. The minimum absolute atomic E-state index is 0.578. The van der Waals surface area contributed by atoms with E-state index in [1.54, 1.807) is 0 Å². The van der Waals surface area contributed by atoms with Crippen molar-refractivity contribution >= 4 is 0 Å². The van der Waals surface area contributed by atoms with Crippen molar-refractivity contribution in [2.24, 2.45) is 5.73 Å². The summed E-state index contributed by atoms with van der Waals surface area (Å²) < 4.78 is 51.2. The van der Waals surface area contributed by atoms with Crippen LogP contribution in [0.1, 0.15) is 11.1 Å². The molecule has 0 bridgehead atoms. The van der Waals surface area contributed by atoms with Gasteiger partial charge in [-0.3, -0.25) is 0 Å². The molecule has 0 heterocycles. The fourth-order valence-electron chi connectivity index (χ4n) is 0.966. The molecule has 0 aliphatic rings. The summed E-state index contributed by atoms with van der Waals surface area (Å²) in [5, 5.41) is 0. The van der Waals surface area contributed by atoms with Crippen LogP contribution in [0, 0.1) is 30.2 Å². The average molecular weight is 193 g/mol. The Morgan fingerprint density at radius 1 is 0.923 bits per heavy atom. The molecule has 0 amide bonds. The van der Waals surface area contributed by atoms with Crippen molar-refractivity contribution in [3.63, 3.8) is 0 Å². The highest BCUT2D eigenvalue weighted by atomic mass is 19.2. The van der Waals surface area contributed by atoms with E-state index in [2.05, 4.69) is 0 Å². The summed E-state index contributed by atoms with van der Waals surface area (Å²) in [6.45, 7) is 0.378. The van der Waals surface area contributed by atoms with Crippen LogP contribution in [0.3, 0.4) is 0 Å². The van der Waals surface area contributed by atoms with Crippen LogP contribution in [0.2, 0.25) is 0 Å². The molecule has 0 atom stereocenters. The molecule has 0 aliphatic heterocycles. The molecule has 2 N–H and O–H groups in total. The fraction of sp³-hybridized carbons (Fsp3) is 0.250. The molecule has 0 fully saturated rings. The first-order chi connectivity index (χ1) is 6.00. The van der Waals surface area contributed by atoms with E-state index in [1.807, 2.05) is 0 Å². The van der Waals surface area contributed by atoms with Gasteiger partial charge in [0.1, 0.15) is 0 Å². The molecule has 0 saturated heterocycles. The highest BCUT2D eigenvalue weighted by Crippen LogP contribution is 2.22. The monoisotopic (exact) mass is 193 g/mol. The number of halogens is 4. The molecule has 0 spiro atoms. The van der Waals surface area contributed by atoms with Crippen molar-refractivity contribution < 1.29 is 17.6 Å². The standard InChI is InChI=1S/C8H7F4N/c1-3-5(9)7(11)4(2-13)8(12)6(3)10/h2,13H2,1H3. The van der Waals surface area contributed by atoms with E-state index in [9.17, 15) is 17.6 Å². The third-order valence-electron chi connectivity index (χ3n) is 1.78. The highest BCUT2D eigenvalue weighted by molar-refractivity contribution is 5.28. The van der Waals surface area contributed by atoms with Crippen LogP contribution in [0.25, 0.3) is 0 Å². The third kappa shape index (κ3) is 1.39. The molecule has 0 aliphatic carbocycles. The van der Waals surface area contributed by atoms with Gasteiger partial charge >= 0.3 is 0 Å². The van der Waals surface area contributed by atoms with Gasteiger partial charge in [-0.05, 0) is 6.92 Å². The zero-order valence-corrected chi connectivity index (χ0v) is 6.80. The number of rotatable bonds is 1. The van der Waals surface area contributed by atoms with Crippen molar-refractivity contribution in [3.8, 4) is 0 Å². The predicted molar refractivity (Wildman–Crippen MR) is 38.9 cm³/mol. The van der Waals surface area contributed by atoms with E-state index >= 15 is 0 Å². The van der Waals surface area contributed by atoms with Gasteiger partial charge in [-0.15, -0.1) is 0 Å². The van der Waals surface area contributed by atoms with E-state index < -0.39 is 40.9 Å². The molecule has 1 aromatic carbocycles. The predicted octanol–water partition coefficient (Wildman–Crippen LogP) is 2.01. The second-order valence-electron chi connectivity index (χ2n) is 2.56. The lowest BCUT2D eigenvalue weighted by Crippen LogP contribution is -2.10. The van der Waals surface area contributed by atoms with Gasteiger partial charge in [0.2, 0.25) is 0 Å². The van der Waals surface area contributed by atoms with Crippen LogP contribution in [0.15, 0.2) is 0 Å². The molecule has 0 radical (unpaired) electrons. The molecular formula is C8H7F4N. The lowest BCUT2D eigenvalue weighted by molar-refractivity contribution is 0.431. The smallest absolute Gasteiger partial charge is 0.166 e. The van der Waals surface area contributed by atoms with E-state index in [1.165, 1.54) is 0 Å². The quantitative estimate of drug-likeness (QED) is 0.535. The molecule has 1 aromatic rings. The third-order valence-corrected chi connectivity index (χ3v) is 1.78. The Balaban J connectivity index is 3.56. The second-order valence-corrected chi connectivity index (χ2v) is 2.56. The van der Waals surface area contributed by atoms with Gasteiger partial charge in [0, 0.05) is 17.7 Å². The van der Waals surface area contributed by atoms with Crippen molar-refractivity contribution in [2.75, 3.05) is 0 Å². The largest absolute Gasteiger partial charge is 0.326 e. The maximum Gasteiger partial charge on any atom is 0.166 e. The fourth-order valence-corrected chi connectivity index (χ4v) is 0.966. The van der Waals surface area contributed by atoms with Gasteiger partial charge in [-0.25, -0.2) is 17.6 Å². The molecule has 0 saturated carbocycles. The van der Waals surface area contributed by atoms with Crippen molar-refractivity contribution in [3.05, 3.63) is 34.4 Å². The number of benzene rings is 1. The first kappa shape index (κ1) is 9.98. The van der Waals surface area contributed by atoms with Crippen molar-refractivity contribution in [2.45, 2.75) is 13.5 Å². The maximum absolute atomic E-state index is 12.8.